The first-order valence-electron chi connectivity index (χ1n) is 13.2. The fraction of sp³-hybridized carbons (Fsp3) is 0.414. The molecule has 0 radical (unpaired) electrons. The monoisotopic (exact) mass is 533 g/mol. The van der Waals surface area contributed by atoms with Crippen LogP contribution in [0.3, 0.4) is 0 Å². The molecule has 1 atom stereocenters. The summed E-state index contributed by atoms with van der Waals surface area (Å²) in [6.45, 7) is 2.68. The lowest BCUT2D eigenvalue weighted by molar-refractivity contribution is -0.136. The zero-order valence-corrected chi connectivity index (χ0v) is 22.9. The number of fused-ring (bicyclic) bond motifs is 2. The van der Waals surface area contributed by atoms with Crippen LogP contribution in [0.4, 0.5) is 11.4 Å². The second-order valence-electron chi connectivity index (χ2n) is 9.69. The van der Waals surface area contributed by atoms with Crippen LogP contribution >= 0.6 is 11.3 Å². The number of thiazole rings is 1. The molecule has 200 valence electrons. The maximum atomic E-state index is 13.3. The molecular weight excluding hydrogens is 498 g/mol. The Labute approximate surface area is 227 Å². The summed E-state index contributed by atoms with van der Waals surface area (Å²) in [6, 6.07) is 10.4. The predicted molar refractivity (Wildman–Crippen MR) is 154 cm³/mol. The first-order valence-corrected chi connectivity index (χ1v) is 14.1. The number of H-pyrrole nitrogens is 1. The first-order chi connectivity index (χ1) is 18.7. The van der Waals surface area contributed by atoms with Gasteiger partial charge < -0.3 is 24.7 Å². The number of anilines is 2. The van der Waals surface area contributed by atoms with Crippen molar-refractivity contribution in [3.63, 3.8) is 0 Å². The molecule has 3 aromatic heterocycles. The molecule has 38 heavy (non-hydrogen) atoms. The van der Waals surface area contributed by atoms with Gasteiger partial charge in [-0.05, 0) is 61.6 Å². The van der Waals surface area contributed by atoms with Gasteiger partial charge in [0.15, 0.2) is 0 Å². The van der Waals surface area contributed by atoms with Crippen molar-refractivity contribution < 1.29 is 14.3 Å². The molecular formula is C29H35N5O3S. The summed E-state index contributed by atoms with van der Waals surface area (Å²) in [7, 11) is 3.41. The second kappa shape index (κ2) is 12.5. The normalized spacial score (nSPS) is 14.7. The van der Waals surface area contributed by atoms with Crippen LogP contribution in [0.5, 0.6) is 0 Å². The number of carbonyl (C=O) groups excluding carboxylic acids is 1. The summed E-state index contributed by atoms with van der Waals surface area (Å²) in [5, 5.41) is 4.59. The summed E-state index contributed by atoms with van der Waals surface area (Å²) in [6.07, 6.45) is 8.40. The average molecular weight is 534 g/mol. The van der Waals surface area contributed by atoms with Crippen LogP contribution in [0, 0.1) is 5.92 Å². The Kier molecular flexibility index (Phi) is 8.68. The van der Waals surface area contributed by atoms with E-state index in [0.717, 1.165) is 83.6 Å². The van der Waals surface area contributed by atoms with E-state index in [1.54, 1.807) is 25.6 Å². The number of hydrogen-bond acceptors (Lipinski definition) is 7. The van der Waals surface area contributed by atoms with E-state index >= 15 is 0 Å². The van der Waals surface area contributed by atoms with E-state index in [4.69, 9.17) is 9.47 Å². The number of nitrogens with zero attached hydrogens (tertiary/aromatic N) is 3. The molecule has 2 N–H and O–H groups in total. The van der Waals surface area contributed by atoms with Crippen LogP contribution in [0.1, 0.15) is 37.8 Å². The Hall–Kier alpha value is -3.27. The lowest BCUT2D eigenvalue weighted by Crippen LogP contribution is -2.39. The quantitative estimate of drug-likeness (QED) is 0.217. The molecule has 4 aromatic rings. The highest BCUT2D eigenvalue weighted by molar-refractivity contribution is 7.16. The van der Waals surface area contributed by atoms with Gasteiger partial charge in [0.25, 0.3) is 0 Å². The van der Waals surface area contributed by atoms with Crippen molar-refractivity contribution in [3.05, 3.63) is 53.8 Å². The van der Waals surface area contributed by atoms with Crippen molar-refractivity contribution in [3.8, 4) is 0 Å². The van der Waals surface area contributed by atoms with Crippen molar-refractivity contribution in [2.24, 2.45) is 5.92 Å². The summed E-state index contributed by atoms with van der Waals surface area (Å²) < 4.78 is 11.6. The molecule has 0 saturated carbocycles. The fourth-order valence-electron chi connectivity index (χ4n) is 5.06. The molecule has 1 aliphatic rings. The number of nitrogens with one attached hydrogen (secondary N) is 2. The zero-order chi connectivity index (χ0) is 26.3. The van der Waals surface area contributed by atoms with Crippen LogP contribution in [0.2, 0.25) is 0 Å². The molecule has 8 nitrogen and oxygen atoms in total. The number of aromatic nitrogens is 3. The van der Waals surface area contributed by atoms with Crippen LogP contribution in [0.25, 0.3) is 26.8 Å². The van der Waals surface area contributed by atoms with E-state index in [-0.39, 0.29) is 11.8 Å². The second-order valence-corrected chi connectivity index (χ2v) is 10.6. The number of unbranched alkanes of at least 4 members (excludes halogenated alkanes) is 1. The van der Waals surface area contributed by atoms with Gasteiger partial charge in [0.1, 0.15) is 5.65 Å². The minimum absolute atomic E-state index is 0.00292. The Morgan fingerprint density at radius 3 is 2.84 bits per heavy atom. The SMILES string of the molecule is COCCCCC(CCOC)C(=O)N1CC=C(c2cc3c(Nc4ccc5ncsc5c4)ccnc3[nH]2)CC1. The molecule has 0 bridgehead atoms. The minimum Gasteiger partial charge on any atom is -0.385 e. The van der Waals surface area contributed by atoms with E-state index in [9.17, 15) is 4.79 Å². The lowest BCUT2D eigenvalue weighted by atomic mass is 9.95. The van der Waals surface area contributed by atoms with E-state index in [1.807, 2.05) is 28.7 Å². The minimum atomic E-state index is -0.00292. The van der Waals surface area contributed by atoms with Crippen molar-refractivity contribution in [2.45, 2.75) is 32.1 Å². The third-order valence-electron chi connectivity index (χ3n) is 7.18. The largest absolute Gasteiger partial charge is 0.385 e. The molecule has 0 fully saturated rings. The van der Waals surface area contributed by atoms with Gasteiger partial charge in [-0.2, -0.15) is 0 Å². The topological polar surface area (TPSA) is 92.4 Å². The van der Waals surface area contributed by atoms with Gasteiger partial charge in [0, 0.05) is 69.4 Å². The maximum Gasteiger partial charge on any atom is 0.226 e. The number of hydrogen-bond donors (Lipinski definition) is 2. The fourth-order valence-corrected chi connectivity index (χ4v) is 5.77. The van der Waals surface area contributed by atoms with Gasteiger partial charge in [-0.1, -0.05) is 12.5 Å². The third-order valence-corrected chi connectivity index (χ3v) is 7.97. The molecule has 0 aliphatic carbocycles. The zero-order valence-electron chi connectivity index (χ0n) is 22.0. The predicted octanol–water partition coefficient (Wildman–Crippen LogP) is 6.00. The average Bonchev–Trinajstić information content (AvgIpc) is 3.60. The van der Waals surface area contributed by atoms with Crippen LogP contribution in [-0.2, 0) is 14.3 Å². The molecule has 9 heteroatoms. The van der Waals surface area contributed by atoms with Gasteiger partial charge in [0.05, 0.1) is 21.4 Å². The third kappa shape index (κ3) is 6.06. The van der Waals surface area contributed by atoms with Gasteiger partial charge in [-0.3, -0.25) is 4.79 Å². The van der Waals surface area contributed by atoms with Crippen LogP contribution < -0.4 is 5.32 Å². The summed E-state index contributed by atoms with van der Waals surface area (Å²) in [5.74, 6) is 0.231. The summed E-state index contributed by atoms with van der Waals surface area (Å²) in [5.41, 5.74) is 8.03. The standard InChI is InChI=1S/C29H35N5O3S/c1-36-15-4-3-5-21(11-16-37-2)29(35)34-13-9-20(10-14-34)26-18-23-24(8-12-30-28(23)33-26)32-22-6-7-25-27(17-22)38-19-31-25/h6-9,12,17-19,21H,3-5,10-11,13-16H2,1-2H3,(H2,30,32,33). The number of rotatable bonds is 12. The smallest absolute Gasteiger partial charge is 0.226 e. The van der Waals surface area contributed by atoms with Crippen molar-refractivity contribution >= 4 is 55.4 Å². The highest BCUT2D eigenvalue weighted by Gasteiger charge is 2.26. The number of benzene rings is 1. The van der Waals surface area contributed by atoms with E-state index in [0.29, 0.717) is 13.2 Å². The Bertz CT molecular complexity index is 1410. The molecule has 1 unspecified atom stereocenters. The Balaban J connectivity index is 1.27. The van der Waals surface area contributed by atoms with E-state index < -0.39 is 0 Å². The molecule has 1 aliphatic heterocycles. The summed E-state index contributed by atoms with van der Waals surface area (Å²) in [4.78, 5) is 27.7. The van der Waals surface area contributed by atoms with Crippen LogP contribution in [-0.4, -0.2) is 66.3 Å². The summed E-state index contributed by atoms with van der Waals surface area (Å²) >= 11 is 1.64. The maximum absolute atomic E-state index is 13.3. The Morgan fingerprint density at radius 2 is 2.03 bits per heavy atom. The van der Waals surface area contributed by atoms with Crippen LogP contribution in [0.15, 0.2) is 48.1 Å². The molecule has 0 saturated heterocycles. The molecule has 4 heterocycles. The number of carbonyl (C=O) groups is 1. The molecule has 1 aromatic carbocycles. The molecule has 0 spiro atoms. The van der Waals surface area contributed by atoms with Gasteiger partial charge in [0.2, 0.25) is 5.91 Å². The van der Waals surface area contributed by atoms with E-state index in [2.05, 4.69) is 44.5 Å². The molecule has 5 rings (SSSR count). The van der Waals surface area contributed by atoms with Gasteiger partial charge in [-0.15, -0.1) is 11.3 Å². The van der Waals surface area contributed by atoms with Crippen molar-refractivity contribution in [1.29, 1.82) is 0 Å². The van der Waals surface area contributed by atoms with Crippen molar-refractivity contribution in [2.75, 3.05) is 45.8 Å². The lowest BCUT2D eigenvalue weighted by Gasteiger charge is -2.30. The highest BCUT2D eigenvalue weighted by Crippen LogP contribution is 2.32. The number of amides is 1. The number of pyridine rings is 1. The van der Waals surface area contributed by atoms with E-state index in [1.165, 1.54) is 5.57 Å². The highest BCUT2D eigenvalue weighted by atomic mass is 32.1. The number of ether oxygens (including phenoxy) is 2. The Morgan fingerprint density at radius 1 is 1.13 bits per heavy atom. The van der Waals surface area contributed by atoms with Crippen molar-refractivity contribution in [1.82, 2.24) is 19.9 Å². The van der Waals surface area contributed by atoms with Gasteiger partial charge in [-0.25, -0.2) is 9.97 Å². The first kappa shape index (κ1) is 26.3. The molecule has 1 amide bonds. The number of methoxy groups -OCH3 is 2. The number of aromatic amines is 1. The van der Waals surface area contributed by atoms with Gasteiger partial charge >= 0.3 is 0 Å².